The summed E-state index contributed by atoms with van der Waals surface area (Å²) in [4.78, 5) is 27.3. The number of rotatable bonds is 16. The number of furan rings is 3. The van der Waals surface area contributed by atoms with Gasteiger partial charge in [-0.05, 0) is 165 Å². The van der Waals surface area contributed by atoms with Gasteiger partial charge in [0, 0.05) is 119 Å². The van der Waals surface area contributed by atoms with Gasteiger partial charge in [0.1, 0.15) is 16.7 Å². The van der Waals surface area contributed by atoms with Gasteiger partial charge in [0.2, 0.25) is 0 Å². The minimum absolute atomic E-state index is 0. The summed E-state index contributed by atoms with van der Waals surface area (Å²) >= 11 is 0. The molecule has 9 aromatic heterocycles. The zero-order valence-corrected chi connectivity index (χ0v) is 82.7. The van der Waals surface area contributed by atoms with Gasteiger partial charge < -0.3 is 43.2 Å². The van der Waals surface area contributed by atoms with E-state index in [1.54, 1.807) is 0 Å². The number of fused-ring (bicyclic) bond motifs is 9. The summed E-state index contributed by atoms with van der Waals surface area (Å²) in [6.45, 7) is 8.88. The normalized spacial score (nSPS) is 10.8. The van der Waals surface area contributed by atoms with E-state index in [0.717, 1.165) is 171 Å². The van der Waals surface area contributed by atoms with Crippen molar-refractivity contribution >= 4 is 65.8 Å². The number of para-hydroxylation sites is 3. The van der Waals surface area contributed by atoms with E-state index in [-0.39, 0.29) is 65.7 Å². The summed E-state index contributed by atoms with van der Waals surface area (Å²) in [5.41, 5.74) is 32.4. The average molecular weight is 2290 g/mol. The first-order valence-electron chi connectivity index (χ1n) is 44.8. The molecule has 0 unspecified atom stereocenters. The van der Waals surface area contributed by atoms with Gasteiger partial charge in [0.15, 0.2) is 0 Å². The van der Waals surface area contributed by atoms with Crippen LogP contribution in [-0.4, -0.2) is 29.9 Å². The summed E-state index contributed by atoms with van der Waals surface area (Å²) in [7, 11) is 0. The molecule has 0 saturated carbocycles. The molecule has 0 N–H and O–H groups in total. The van der Waals surface area contributed by atoms with Crippen LogP contribution in [0.5, 0.6) is 0 Å². The quantitative estimate of drug-likeness (QED) is 0.0872. The maximum atomic E-state index is 5.89. The molecule has 3 radical (unpaired) electrons. The van der Waals surface area contributed by atoms with E-state index in [0.29, 0.717) is 0 Å². The van der Waals surface area contributed by atoms with Crippen LogP contribution in [0.1, 0.15) is 76.4 Å². The molecule has 0 aliphatic rings. The first kappa shape index (κ1) is 95.9. The molecule has 9 nitrogen and oxygen atoms in total. The summed E-state index contributed by atoms with van der Waals surface area (Å²) in [5, 5.41) is 6.69. The molecule has 9 heterocycles. The van der Waals surface area contributed by atoms with Gasteiger partial charge in [-0.15, -0.1) is 179 Å². The molecule has 0 amide bonds. The van der Waals surface area contributed by atoms with Crippen molar-refractivity contribution in [1.29, 1.82) is 0 Å². The van der Waals surface area contributed by atoms with E-state index in [1.807, 2.05) is 213 Å². The third kappa shape index (κ3) is 25.0. The topological polar surface area (TPSA) is 117 Å². The number of pyridine rings is 6. The predicted molar refractivity (Wildman–Crippen MR) is 543 cm³/mol. The maximum Gasteiger partial charge on any atom is 0.120 e. The van der Waals surface area contributed by atoms with Gasteiger partial charge in [-0.25, -0.2) is 0 Å². The standard InChI is InChI=1S/2C24H16NO.C22H20NO.3C18H14N.3Ir/c1-16-13-22(25-15-21(16)17-7-3-2-4-8-17)18-11-12-24-20(14-18)19-9-5-6-10-23(19)26-24;1-2-6-17(7-3-1)14-18-12-13-25-22(15-18)19-10-11-24-21(16-19)20-8-4-5-9-23(20)26-24;1-22(2,3)14-15-10-11-23-19(12-15)16-8-9-21-18(13-16)17-6-4-5-7-20(17)24-21;1-3-8-15(9-4-1)14-17-12-7-13-19-18(17)16-10-5-2-6-11-16;2*1-3-7-15(8-4-1)13-16-11-12-18(19-14-16)17-9-5-2-6-10-17;;;/h2-10,12-15H,1H3;1-9,11-13,15-16H,14H2;4-7,9-13H,14H2,1-3H3;1-10,12-13H,14H2;2*1-9,11-12,14H,13H2;;;/q6*-1;;;. The fraction of sp³-hybridized carbons (Fsp3) is 0.0806. The molecule has 0 fully saturated rings. The Kier molecular flexibility index (Phi) is 33.0. The van der Waals surface area contributed by atoms with Gasteiger partial charge in [0.05, 0.1) is 16.7 Å². The van der Waals surface area contributed by atoms with Crippen LogP contribution in [0.3, 0.4) is 0 Å². The second kappa shape index (κ2) is 46.8. The Morgan fingerprint density at radius 2 is 0.618 bits per heavy atom. The molecule has 0 aliphatic carbocycles. The van der Waals surface area contributed by atoms with Crippen molar-refractivity contribution in [3.8, 4) is 78.7 Å². The van der Waals surface area contributed by atoms with Crippen molar-refractivity contribution in [2.24, 2.45) is 5.41 Å². The van der Waals surface area contributed by atoms with Crippen molar-refractivity contribution in [3.63, 3.8) is 0 Å². The van der Waals surface area contributed by atoms with Crippen LogP contribution in [0.2, 0.25) is 0 Å². The van der Waals surface area contributed by atoms with Crippen LogP contribution in [0, 0.1) is 48.7 Å². The van der Waals surface area contributed by atoms with Gasteiger partial charge in [0.25, 0.3) is 0 Å². The van der Waals surface area contributed by atoms with Crippen LogP contribution in [0.25, 0.3) is 144 Å². The molecule has 0 bridgehead atoms. The fourth-order valence-electron chi connectivity index (χ4n) is 16.3. The SMILES string of the molecule is CC(C)(C)Cc1ccnc(-c2[c-]cc3oc4ccccc4c3c2)c1.Cc1cc(-c2[c-]cc3oc4ccccc4c3c2)ncc1-c1ccccc1.[Ir].[Ir].[Ir].[c-]1cc2oc3ccccc3c2cc1-c1cc(Cc2ccccc2)ccn1.[c-]1ccccc1-c1ccc(Cc2ccccc2)cn1.[c-]1ccccc1-c1ccc(Cc2ccccc2)cn1.[c-]1ccccc1-c1ncccc1Cc1ccccc1. The zero-order chi connectivity index (χ0) is 90.3. The second-order valence-corrected chi connectivity index (χ2v) is 33.8. The molecule has 136 heavy (non-hydrogen) atoms. The fourth-order valence-corrected chi connectivity index (χ4v) is 16.3. The number of hydrogen-bond donors (Lipinski definition) is 0. The van der Waals surface area contributed by atoms with E-state index >= 15 is 0 Å². The van der Waals surface area contributed by atoms with E-state index in [9.17, 15) is 0 Å². The molecule has 0 atom stereocenters. The van der Waals surface area contributed by atoms with E-state index in [4.69, 9.17) is 18.2 Å². The van der Waals surface area contributed by atoms with Crippen LogP contribution >= 0.6 is 0 Å². The van der Waals surface area contributed by atoms with Gasteiger partial charge >= 0.3 is 0 Å². The summed E-state index contributed by atoms with van der Waals surface area (Å²) in [6.07, 6.45) is 16.1. The van der Waals surface area contributed by atoms with Crippen molar-refractivity contribution in [2.45, 2.75) is 59.8 Å². The second-order valence-electron chi connectivity index (χ2n) is 33.8. The van der Waals surface area contributed by atoms with E-state index < -0.39 is 0 Å². The zero-order valence-electron chi connectivity index (χ0n) is 75.5. The molecule has 671 valence electrons. The van der Waals surface area contributed by atoms with Crippen molar-refractivity contribution in [1.82, 2.24) is 29.9 Å². The Labute approximate surface area is 835 Å². The van der Waals surface area contributed by atoms with Gasteiger partial charge in [-0.3, -0.25) is 0 Å². The van der Waals surface area contributed by atoms with Crippen LogP contribution in [-0.2, 0) is 92.4 Å². The Morgan fingerprint density at radius 1 is 0.250 bits per heavy atom. The van der Waals surface area contributed by atoms with E-state index in [2.05, 4.69) is 313 Å². The smallest absolute Gasteiger partial charge is 0.120 e. The summed E-state index contributed by atoms with van der Waals surface area (Å²) < 4.78 is 17.7. The first-order chi connectivity index (χ1) is 65.4. The monoisotopic (exact) mass is 2290 g/mol. The van der Waals surface area contributed by atoms with Crippen molar-refractivity contribution in [2.75, 3.05) is 0 Å². The third-order valence-electron chi connectivity index (χ3n) is 22.8. The molecule has 14 aromatic carbocycles. The number of hydrogen-bond acceptors (Lipinski definition) is 9. The summed E-state index contributed by atoms with van der Waals surface area (Å²) in [5.74, 6) is 0. The number of benzene rings is 14. The molecule has 23 rings (SSSR count). The minimum atomic E-state index is 0. The predicted octanol–water partition coefficient (Wildman–Crippen LogP) is 30.9. The largest absolute Gasteiger partial charge is 0.500 e. The third-order valence-corrected chi connectivity index (χ3v) is 22.8. The molecule has 12 heteroatoms. The van der Waals surface area contributed by atoms with Crippen LogP contribution < -0.4 is 0 Å². The molecular formula is C124H94Ir3N6O3-6. The molecule has 0 spiro atoms. The van der Waals surface area contributed by atoms with Crippen molar-refractivity contribution in [3.05, 3.63) is 530 Å². The van der Waals surface area contributed by atoms with E-state index in [1.165, 1.54) is 61.2 Å². The van der Waals surface area contributed by atoms with Gasteiger partial charge in [-0.2, -0.15) is 0 Å². The first-order valence-corrected chi connectivity index (χ1v) is 44.8. The van der Waals surface area contributed by atoms with Crippen molar-refractivity contribution < 1.29 is 73.6 Å². The number of nitrogens with zero attached hydrogens (tertiary/aromatic N) is 6. The Bertz CT molecular complexity index is 7620. The molecule has 0 aliphatic heterocycles. The number of aryl methyl sites for hydroxylation is 1. The Morgan fingerprint density at radius 3 is 1.02 bits per heavy atom. The summed E-state index contributed by atoms with van der Waals surface area (Å²) in [6, 6.07) is 155. The minimum Gasteiger partial charge on any atom is -0.500 e. The average Bonchev–Trinajstić information content (AvgIpc) is 1.66. The Hall–Kier alpha value is -14.7. The van der Waals surface area contributed by atoms with Crippen LogP contribution in [0.15, 0.2) is 451 Å². The molecule has 23 aromatic rings. The van der Waals surface area contributed by atoms with Gasteiger partial charge in [-0.1, -0.05) is 303 Å². The Balaban J connectivity index is 0.000000124. The number of aromatic nitrogens is 6. The molecular weight excluding hydrogens is 2200 g/mol. The van der Waals surface area contributed by atoms with Crippen LogP contribution in [0.4, 0.5) is 0 Å². The maximum absolute atomic E-state index is 5.89. The molecule has 0 saturated heterocycles.